The molecule has 4 nitrogen and oxygen atoms in total. The van der Waals surface area contributed by atoms with Crippen LogP contribution in [0, 0.1) is 12.7 Å². The van der Waals surface area contributed by atoms with Gasteiger partial charge >= 0.3 is 0 Å². The van der Waals surface area contributed by atoms with Gasteiger partial charge in [0.15, 0.2) is 5.13 Å². The van der Waals surface area contributed by atoms with Gasteiger partial charge in [0.05, 0.1) is 15.8 Å². The number of likely N-dealkylation sites (N-methyl/N-ethyl adjacent to an activating group) is 1. The molecule has 1 amide bonds. The molecule has 1 aromatic heterocycles. The average molecular weight is 357 g/mol. The van der Waals surface area contributed by atoms with E-state index in [4.69, 9.17) is 0 Å². The number of carbonyl (C=O) groups excluding carboxylic acids is 1. The number of aromatic nitrogens is 1. The Bertz CT molecular complexity index is 907. The molecular formula is C19H20FN3OS. The minimum absolute atomic E-state index is 0.0664. The van der Waals surface area contributed by atoms with Crippen molar-refractivity contribution in [3.05, 3.63) is 59.4 Å². The molecule has 0 atom stereocenters. The van der Waals surface area contributed by atoms with Crippen LogP contribution in [0.4, 0.5) is 9.52 Å². The minimum atomic E-state index is -0.515. The second kappa shape index (κ2) is 7.29. The fourth-order valence-electron chi connectivity index (χ4n) is 2.50. The first-order valence-corrected chi connectivity index (χ1v) is 8.85. The molecule has 0 fully saturated rings. The van der Waals surface area contributed by atoms with E-state index in [2.05, 4.69) is 4.98 Å². The van der Waals surface area contributed by atoms with E-state index in [1.807, 2.05) is 44.1 Å². The van der Waals surface area contributed by atoms with Crippen LogP contribution in [0.2, 0.25) is 0 Å². The number of amides is 1. The quantitative estimate of drug-likeness (QED) is 0.694. The maximum atomic E-state index is 14.1. The largest absolute Gasteiger partial charge is 0.308 e. The fraction of sp³-hybridized carbons (Fsp3) is 0.263. The van der Waals surface area contributed by atoms with Crippen LogP contribution in [0.25, 0.3) is 10.2 Å². The Morgan fingerprint density at radius 1 is 1.16 bits per heavy atom. The van der Waals surface area contributed by atoms with E-state index in [0.717, 1.165) is 15.8 Å². The topological polar surface area (TPSA) is 36.4 Å². The molecule has 3 rings (SSSR count). The second-order valence-electron chi connectivity index (χ2n) is 6.21. The summed E-state index contributed by atoms with van der Waals surface area (Å²) in [6.07, 6.45) is 0. The molecule has 130 valence electrons. The number of rotatable bonds is 5. The van der Waals surface area contributed by atoms with Crippen LogP contribution in [-0.2, 0) is 0 Å². The van der Waals surface area contributed by atoms with Crippen molar-refractivity contribution < 1.29 is 9.18 Å². The van der Waals surface area contributed by atoms with E-state index in [9.17, 15) is 9.18 Å². The summed E-state index contributed by atoms with van der Waals surface area (Å²) in [5.74, 6) is -0.880. The predicted octanol–water partition coefficient (Wildman–Crippen LogP) is 3.95. The molecule has 0 saturated heterocycles. The normalized spacial score (nSPS) is 11.2. The number of hydrogen-bond acceptors (Lipinski definition) is 4. The van der Waals surface area contributed by atoms with Gasteiger partial charge in [-0.05, 0) is 50.8 Å². The summed E-state index contributed by atoms with van der Waals surface area (Å²) in [4.78, 5) is 21.1. The van der Waals surface area contributed by atoms with E-state index in [1.54, 1.807) is 17.0 Å². The molecule has 0 saturated carbocycles. The van der Waals surface area contributed by atoms with Gasteiger partial charge in [0.1, 0.15) is 5.82 Å². The van der Waals surface area contributed by atoms with Crippen molar-refractivity contribution in [2.75, 3.05) is 32.1 Å². The van der Waals surface area contributed by atoms with E-state index in [1.165, 1.54) is 23.5 Å². The van der Waals surface area contributed by atoms with Crippen LogP contribution < -0.4 is 4.90 Å². The summed E-state index contributed by atoms with van der Waals surface area (Å²) >= 11 is 1.45. The Morgan fingerprint density at radius 2 is 1.92 bits per heavy atom. The van der Waals surface area contributed by atoms with Crippen molar-refractivity contribution in [1.29, 1.82) is 0 Å². The Hall–Kier alpha value is -2.31. The summed E-state index contributed by atoms with van der Waals surface area (Å²) in [5.41, 5.74) is 2.06. The number of hydrogen-bond donors (Lipinski definition) is 0. The lowest BCUT2D eigenvalue weighted by molar-refractivity contribution is 0.0981. The Morgan fingerprint density at radius 3 is 2.64 bits per heavy atom. The van der Waals surface area contributed by atoms with Gasteiger partial charge in [0.2, 0.25) is 0 Å². The van der Waals surface area contributed by atoms with Crippen LogP contribution in [0.3, 0.4) is 0 Å². The number of anilines is 1. The van der Waals surface area contributed by atoms with E-state index >= 15 is 0 Å². The molecule has 0 aliphatic rings. The number of nitrogens with zero attached hydrogens (tertiary/aromatic N) is 3. The molecule has 0 spiro atoms. The van der Waals surface area contributed by atoms with Gasteiger partial charge in [0, 0.05) is 13.1 Å². The first-order chi connectivity index (χ1) is 12.0. The van der Waals surface area contributed by atoms with E-state index in [0.29, 0.717) is 18.2 Å². The van der Waals surface area contributed by atoms with Crippen LogP contribution in [-0.4, -0.2) is 43.0 Å². The van der Waals surface area contributed by atoms with E-state index < -0.39 is 5.82 Å². The molecule has 25 heavy (non-hydrogen) atoms. The highest BCUT2D eigenvalue weighted by molar-refractivity contribution is 7.22. The number of aryl methyl sites for hydroxylation is 1. The molecule has 3 aromatic rings. The number of carbonyl (C=O) groups is 1. The number of halogens is 1. The molecule has 6 heteroatoms. The van der Waals surface area contributed by atoms with Crippen molar-refractivity contribution in [3.63, 3.8) is 0 Å². The molecule has 0 unspecified atom stereocenters. The standard InChI is InChI=1S/C19H20FN3OS/c1-13-8-9-16-17(12-13)25-19(21-16)23(11-10-22(2)3)18(24)14-6-4-5-7-15(14)20/h4-9,12H,10-11H2,1-3H3. The Kier molecular flexibility index (Phi) is 5.11. The lowest BCUT2D eigenvalue weighted by Crippen LogP contribution is -2.37. The molecule has 0 aliphatic carbocycles. The summed E-state index contributed by atoms with van der Waals surface area (Å²) in [7, 11) is 3.88. The van der Waals surface area contributed by atoms with Crippen molar-refractivity contribution >= 4 is 32.6 Å². The zero-order chi connectivity index (χ0) is 18.0. The van der Waals surface area contributed by atoms with Gasteiger partial charge in [-0.15, -0.1) is 0 Å². The third-order valence-corrected chi connectivity index (χ3v) is 4.92. The minimum Gasteiger partial charge on any atom is -0.308 e. The van der Waals surface area contributed by atoms with Gasteiger partial charge < -0.3 is 4.90 Å². The number of thiazole rings is 1. The van der Waals surface area contributed by atoms with Gasteiger partial charge in [-0.3, -0.25) is 9.69 Å². The van der Waals surface area contributed by atoms with Crippen molar-refractivity contribution in [3.8, 4) is 0 Å². The fourth-order valence-corrected chi connectivity index (χ4v) is 3.59. The average Bonchev–Trinajstić information content (AvgIpc) is 2.97. The monoisotopic (exact) mass is 357 g/mol. The summed E-state index contributed by atoms with van der Waals surface area (Å²) in [5, 5.41) is 0.593. The third-order valence-electron chi connectivity index (χ3n) is 3.88. The molecule has 0 bridgehead atoms. The summed E-state index contributed by atoms with van der Waals surface area (Å²) < 4.78 is 15.1. The first-order valence-electron chi connectivity index (χ1n) is 8.04. The zero-order valence-corrected chi connectivity index (χ0v) is 15.3. The van der Waals surface area contributed by atoms with Crippen molar-refractivity contribution in [2.24, 2.45) is 0 Å². The number of fused-ring (bicyclic) bond motifs is 1. The SMILES string of the molecule is Cc1ccc2nc(N(CCN(C)C)C(=O)c3ccccc3F)sc2c1. The summed E-state index contributed by atoms with van der Waals surface area (Å²) in [6.45, 7) is 3.13. The van der Waals surface area contributed by atoms with Crippen molar-refractivity contribution in [1.82, 2.24) is 9.88 Å². The van der Waals surface area contributed by atoms with Crippen LogP contribution in [0.15, 0.2) is 42.5 Å². The number of benzene rings is 2. The first kappa shape index (κ1) is 17.5. The lowest BCUT2D eigenvalue weighted by Gasteiger charge is -2.22. The molecule has 2 aromatic carbocycles. The third kappa shape index (κ3) is 3.86. The molecule has 0 aliphatic heterocycles. The predicted molar refractivity (Wildman–Crippen MR) is 101 cm³/mol. The maximum absolute atomic E-state index is 14.1. The van der Waals surface area contributed by atoms with Crippen molar-refractivity contribution in [2.45, 2.75) is 6.92 Å². The second-order valence-corrected chi connectivity index (χ2v) is 7.22. The van der Waals surface area contributed by atoms with E-state index in [-0.39, 0.29) is 11.5 Å². The maximum Gasteiger partial charge on any atom is 0.263 e. The van der Waals surface area contributed by atoms with Crippen LogP contribution in [0.1, 0.15) is 15.9 Å². The lowest BCUT2D eigenvalue weighted by atomic mass is 10.2. The van der Waals surface area contributed by atoms with Crippen LogP contribution >= 0.6 is 11.3 Å². The molecule has 1 heterocycles. The highest BCUT2D eigenvalue weighted by Gasteiger charge is 2.23. The highest BCUT2D eigenvalue weighted by Crippen LogP contribution is 2.30. The molecular weight excluding hydrogens is 337 g/mol. The van der Waals surface area contributed by atoms with Gasteiger partial charge in [-0.25, -0.2) is 9.37 Å². The summed E-state index contributed by atoms with van der Waals surface area (Å²) in [6, 6.07) is 12.1. The Balaban J connectivity index is 2.01. The van der Waals surface area contributed by atoms with Crippen LogP contribution in [0.5, 0.6) is 0 Å². The molecule has 0 N–H and O–H groups in total. The smallest absolute Gasteiger partial charge is 0.263 e. The highest BCUT2D eigenvalue weighted by atomic mass is 32.1. The Labute approximate surface area is 150 Å². The van der Waals surface area contributed by atoms with Gasteiger partial charge in [-0.1, -0.05) is 29.5 Å². The van der Waals surface area contributed by atoms with Gasteiger partial charge in [0.25, 0.3) is 5.91 Å². The molecule has 0 radical (unpaired) electrons. The zero-order valence-electron chi connectivity index (χ0n) is 14.5. The van der Waals surface area contributed by atoms with Gasteiger partial charge in [-0.2, -0.15) is 0 Å².